The van der Waals surface area contributed by atoms with E-state index in [1.54, 1.807) is 31.2 Å². The van der Waals surface area contributed by atoms with E-state index in [0.717, 1.165) is 37.4 Å². The lowest BCUT2D eigenvalue weighted by molar-refractivity contribution is -0.384. The summed E-state index contributed by atoms with van der Waals surface area (Å²) in [6, 6.07) is 19.2. The number of phenols is 1. The summed E-state index contributed by atoms with van der Waals surface area (Å²) in [5, 5.41) is 22.0. The summed E-state index contributed by atoms with van der Waals surface area (Å²) in [5.74, 6) is 0.619. The molecule has 8 heteroatoms. The number of aromatic hydroxyl groups is 1. The van der Waals surface area contributed by atoms with E-state index in [9.17, 15) is 20.0 Å². The zero-order chi connectivity index (χ0) is 24.5. The zero-order valence-electron chi connectivity index (χ0n) is 19.3. The largest absolute Gasteiger partial charge is 0.507 e. The number of benzene rings is 3. The van der Waals surface area contributed by atoms with E-state index in [2.05, 4.69) is 9.80 Å². The SMILES string of the molecule is Cc1oc2c(CN3CCN(c4ccc([N+](=O)[O-])cc4)CC3)c(O)ccc2c(=O)c1-c1ccccc1. The van der Waals surface area contributed by atoms with E-state index in [-0.39, 0.29) is 16.9 Å². The molecule has 2 heterocycles. The van der Waals surface area contributed by atoms with Crippen molar-refractivity contribution in [1.29, 1.82) is 0 Å². The number of hydrogen-bond donors (Lipinski definition) is 1. The van der Waals surface area contributed by atoms with E-state index >= 15 is 0 Å². The molecule has 1 saturated heterocycles. The molecule has 1 aromatic heterocycles. The average Bonchev–Trinajstić information content (AvgIpc) is 2.87. The lowest BCUT2D eigenvalue weighted by atomic mass is 10.0. The van der Waals surface area contributed by atoms with Gasteiger partial charge in [0.1, 0.15) is 17.1 Å². The second-order valence-corrected chi connectivity index (χ2v) is 8.71. The predicted molar refractivity (Wildman–Crippen MR) is 135 cm³/mol. The molecule has 178 valence electrons. The van der Waals surface area contributed by atoms with Crippen molar-refractivity contribution in [1.82, 2.24) is 4.90 Å². The third kappa shape index (κ3) is 4.36. The van der Waals surface area contributed by atoms with Crippen molar-refractivity contribution in [3.05, 3.63) is 98.4 Å². The van der Waals surface area contributed by atoms with Crippen molar-refractivity contribution in [3.8, 4) is 16.9 Å². The number of non-ortho nitro benzene ring substituents is 1. The first-order valence-electron chi connectivity index (χ1n) is 11.5. The molecule has 0 spiro atoms. The number of phenolic OH excluding ortho intramolecular Hbond substituents is 1. The lowest BCUT2D eigenvalue weighted by Crippen LogP contribution is -2.46. The van der Waals surface area contributed by atoms with Crippen LogP contribution in [0.5, 0.6) is 5.75 Å². The van der Waals surface area contributed by atoms with E-state index in [1.807, 2.05) is 30.3 Å². The smallest absolute Gasteiger partial charge is 0.269 e. The van der Waals surface area contributed by atoms with Crippen LogP contribution in [0.1, 0.15) is 11.3 Å². The first kappa shape index (κ1) is 22.6. The third-order valence-corrected chi connectivity index (χ3v) is 6.56. The van der Waals surface area contributed by atoms with Gasteiger partial charge in [-0.25, -0.2) is 0 Å². The minimum Gasteiger partial charge on any atom is -0.507 e. The molecule has 8 nitrogen and oxygen atoms in total. The van der Waals surface area contributed by atoms with Crippen molar-refractivity contribution in [2.45, 2.75) is 13.5 Å². The Morgan fingerprint density at radius 1 is 0.971 bits per heavy atom. The van der Waals surface area contributed by atoms with Gasteiger partial charge in [-0.15, -0.1) is 0 Å². The first-order chi connectivity index (χ1) is 16.9. The Hall–Kier alpha value is -4.17. The van der Waals surface area contributed by atoms with Crippen molar-refractivity contribution in [2.24, 2.45) is 0 Å². The van der Waals surface area contributed by atoms with Gasteiger partial charge in [0.05, 0.1) is 21.4 Å². The van der Waals surface area contributed by atoms with Gasteiger partial charge < -0.3 is 14.4 Å². The summed E-state index contributed by atoms with van der Waals surface area (Å²) in [7, 11) is 0. The summed E-state index contributed by atoms with van der Waals surface area (Å²) >= 11 is 0. The molecule has 0 unspecified atom stereocenters. The van der Waals surface area contributed by atoms with E-state index in [4.69, 9.17) is 4.42 Å². The Morgan fingerprint density at radius 3 is 2.31 bits per heavy atom. The summed E-state index contributed by atoms with van der Waals surface area (Å²) in [6.45, 7) is 5.18. The number of nitrogens with zero attached hydrogens (tertiary/aromatic N) is 3. The summed E-state index contributed by atoms with van der Waals surface area (Å²) in [4.78, 5) is 28.2. The maximum Gasteiger partial charge on any atom is 0.269 e. The molecule has 1 fully saturated rings. The van der Waals surface area contributed by atoms with Gasteiger partial charge in [-0.3, -0.25) is 19.8 Å². The number of nitro benzene ring substituents is 1. The normalized spacial score (nSPS) is 14.4. The van der Waals surface area contributed by atoms with Crippen LogP contribution in [0.2, 0.25) is 0 Å². The van der Waals surface area contributed by atoms with Gasteiger partial charge in [-0.1, -0.05) is 30.3 Å². The minimum atomic E-state index is -0.402. The Kier molecular flexibility index (Phi) is 5.96. The summed E-state index contributed by atoms with van der Waals surface area (Å²) in [5.41, 5.74) is 3.27. The number of hydrogen-bond acceptors (Lipinski definition) is 7. The van der Waals surface area contributed by atoms with Gasteiger partial charge >= 0.3 is 0 Å². The highest BCUT2D eigenvalue weighted by molar-refractivity contribution is 5.86. The Bertz CT molecular complexity index is 1440. The Balaban J connectivity index is 1.38. The zero-order valence-corrected chi connectivity index (χ0v) is 19.3. The molecule has 0 amide bonds. The van der Waals surface area contributed by atoms with Gasteiger partial charge in [0, 0.05) is 50.5 Å². The summed E-state index contributed by atoms with van der Waals surface area (Å²) in [6.07, 6.45) is 0. The van der Waals surface area contributed by atoms with Crippen LogP contribution in [-0.2, 0) is 6.54 Å². The monoisotopic (exact) mass is 471 g/mol. The third-order valence-electron chi connectivity index (χ3n) is 6.56. The molecule has 4 aromatic rings. The second kappa shape index (κ2) is 9.23. The maximum absolute atomic E-state index is 13.4. The van der Waals surface area contributed by atoms with Crippen LogP contribution in [-0.4, -0.2) is 41.1 Å². The van der Waals surface area contributed by atoms with Crippen molar-refractivity contribution in [3.63, 3.8) is 0 Å². The number of piperazine rings is 1. The van der Waals surface area contributed by atoms with E-state index < -0.39 is 4.92 Å². The van der Waals surface area contributed by atoms with Crippen LogP contribution in [0.4, 0.5) is 11.4 Å². The molecule has 0 bridgehead atoms. The van der Waals surface area contributed by atoms with Gasteiger partial charge in [0.2, 0.25) is 5.43 Å². The van der Waals surface area contributed by atoms with Crippen molar-refractivity contribution >= 4 is 22.3 Å². The fourth-order valence-corrected chi connectivity index (χ4v) is 4.68. The topological polar surface area (TPSA) is 100 Å². The second-order valence-electron chi connectivity index (χ2n) is 8.71. The number of anilines is 1. The Labute approximate surface area is 201 Å². The Morgan fingerprint density at radius 2 is 1.66 bits per heavy atom. The van der Waals surface area contributed by atoms with Crippen LogP contribution in [0.3, 0.4) is 0 Å². The standard InChI is InChI=1S/C27H25N3O5/c1-18-25(19-5-3-2-4-6-19)26(32)22-11-12-24(31)23(27(22)35-18)17-28-13-15-29(16-14-28)20-7-9-21(10-8-20)30(33)34/h2-12,31H,13-17H2,1H3. The highest BCUT2D eigenvalue weighted by atomic mass is 16.6. The van der Waals surface area contributed by atoms with Crippen LogP contribution in [0, 0.1) is 17.0 Å². The van der Waals surface area contributed by atoms with E-state index in [0.29, 0.717) is 34.4 Å². The van der Waals surface area contributed by atoms with Crippen LogP contribution < -0.4 is 10.3 Å². The lowest BCUT2D eigenvalue weighted by Gasteiger charge is -2.36. The van der Waals surface area contributed by atoms with Crippen LogP contribution in [0.15, 0.2) is 75.9 Å². The fourth-order valence-electron chi connectivity index (χ4n) is 4.68. The molecule has 0 aliphatic carbocycles. The van der Waals surface area contributed by atoms with Gasteiger partial charge in [-0.05, 0) is 36.8 Å². The quantitative estimate of drug-likeness (QED) is 0.332. The molecule has 0 radical (unpaired) electrons. The summed E-state index contributed by atoms with van der Waals surface area (Å²) < 4.78 is 6.15. The molecule has 0 saturated carbocycles. The average molecular weight is 472 g/mol. The fraction of sp³-hybridized carbons (Fsp3) is 0.222. The van der Waals surface area contributed by atoms with Crippen LogP contribution in [0.25, 0.3) is 22.1 Å². The predicted octanol–water partition coefficient (Wildman–Crippen LogP) is 4.70. The van der Waals surface area contributed by atoms with Gasteiger partial charge in [0.25, 0.3) is 5.69 Å². The number of aryl methyl sites for hydroxylation is 1. The molecular formula is C27H25N3O5. The van der Waals surface area contributed by atoms with E-state index in [1.165, 1.54) is 12.1 Å². The van der Waals surface area contributed by atoms with Crippen molar-refractivity contribution in [2.75, 3.05) is 31.1 Å². The maximum atomic E-state index is 13.4. The number of fused-ring (bicyclic) bond motifs is 1. The van der Waals surface area contributed by atoms with Gasteiger partial charge in [-0.2, -0.15) is 0 Å². The number of nitro groups is 1. The highest BCUT2D eigenvalue weighted by Gasteiger charge is 2.23. The molecule has 1 aliphatic rings. The first-order valence-corrected chi connectivity index (χ1v) is 11.5. The minimum absolute atomic E-state index is 0.0750. The van der Waals surface area contributed by atoms with Gasteiger partial charge in [0.15, 0.2) is 0 Å². The molecule has 1 N–H and O–H groups in total. The number of rotatable bonds is 5. The molecule has 1 aliphatic heterocycles. The highest BCUT2D eigenvalue weighted by Crippen LogP contribution is 2.31. The molecule has 3 aromatic carbocycles. The molecular weight excluding hydrogens is 446 g/mol. The molecule has 5 rings (SSSR count). The molecule has 0 atom stereocenters. The van der Waals surface area contributed by atoms with Crippen LogP contribution >= 0.6 is 0 Å². The molecule has 35 heavy (non-hydrogen) atoms. The van der Waals surface area contributed by atoms with Crippen molar-refractivity contribution < 1.29 is 14.4 Å².